The van der Waals surface area contributed by atoms with E-state index in [0.29, 0.717) is 17.1 Å². The number of amides is 1. The number of aryl methyl sites for hydroxylation is 1. The second kappa shape index (κ2) is 5.13. The summed E-state index contributed by atoms with van der Waals surface area (Å²) < 4.78 is 2.38. The van der Waals surface area contributed by atoms with Crippen LogP contribution in [-0.4, -0.2) is 31.2 Å². The normalized spacial score (nSPS) is 10.3. The minimum Gasteiger partial charge on any atom is -0.465 e. The summed E-state index contributed by atoms with van der Waals surface area (Å²) in [5.74, 6) is 0. The van der Waals surface area contributed by atoms with Crippen LogP contribution in [0.4, 0.5) is 4.79 Å². The zero-order chi connectivity index (χ0) is 13.1. The highest BCUT2D eigenvalue weighted by Crippen LogP contribution is 2.20. The van der Waals surface area contributed by atoms with Gasteiger partial charge in [-0.05, 0) is 28.1 Å². The van der Waals surface area contributed by atoms with Gasteiger partial charge in [0.2, 0.25) is 0 Å². The van der Waals surface area contributed by atoms with E-state index < -0.39 is 6.09 Å². The molecule has 1 amide bonds. The number of carboxylic acid groups (broad SMARTS) is 1. The maximum absolute atomic E-state index is 10.5. The zero-order valence-corrected chi connectivity index (χ0v) is 11.0. The van der Waals surface area contributed by atoms with Crippen LogP contribution in [-0.2, 0) is 13.6 Å². The first kappa shape index (κ1) is 12.5. The molecule has 2 heterocycles. The molecule has 0 spiro atoms. The van der Waals surface area contributed by atoms with E-state index in [1.54, 1.807) is 19.3 Å². The smallest absolute Gasteiger partial charge is 0.404 e. The Labute approximate surface area is 111 Å². The topological polar surface area (TPSA) is 92.9 Å². The molecule has 8 heteroatoms. The monoisotopic (exact) mass is 311 g/mol. The van der Waals surface area contributed by atoms with Crippen molar-refractivity contribution in [3.63, 3.8) is 0 Å². The van der Waals surface area contributed by atoms with E-state index in [1.807, 2.05) is 6.07 Å². The molecular weight excluding hydrogens is 302 g/mol. The first-order valence-electron chi connectivity index (χ1n) is 5.05. The Bertz CT molecular complexity index is 566. The van der Waals surface area contributed by atoms with Crippen molar-refractivity contribution >= 4 is 22.0 Å². The largest absolute Gasteiger partial charge is 0.465 e. The second-order valence-electron chi connectivity index (χ2n) is 3.53. The molecular formula is C10H10BrN5O2. The van der Waals surface area contributed by atoms with E-state index in [9.17, 15) is 4.79 Å². The van der Waals surface area contributed by atoms with Gasteiger partial charge in [-0.25, -0.2) is 9.48 Å². The van der Waals surface area contributed by atoms with Crippen LogP contribution in [0.25, 0.3) is 11.4 Å². The van der Waals surface area contributed by atoms with Crippen LogP contribution >= 0.6 is 15.9 Å². The minimum atomic E-state index is -1.09. The van der Waals surface area contributed by atoms with Gasteiger partial charge in [-0.1, -0.05) is 5.21 Å². The summed E-state index contributed by atoms with van der Waals surface area (Å²) in [4.78, 5) is 14.7. The molecule has 0 aliphatic carbocycles. The van der Waals surface area contributed by atoms with Crippen LogP contribution in [0.15, 0.2) is 22.8 Å². The summed E-state index contributed by atoms with van der Waals surface area (Å²) in [6.45, 7) is 0.131. The quantitative estimate of drug-likeness (QED) is 0.894. The molecule has 0 saturated heterocycles. The summed E-state index contributed by atoms with van der Waals surface area (Å²) >= 11 is 3.30. The lowest BCUT2D eigenvalue weighted by Gasteiger charge is -2.04. The van der Waals surface area contributed by atoms with E-state index in [2.05, 4.69) is 36.5 Å². The van der Waals surface area contributed by atoms with Gasteiger partial charge in [0.15, 0.2) is 0 Å². The minimum absolute atomic E-state index is 0.131. The fourth-order valence-electron chi connectivity index (χ4n) is 1.45. The maximum atomic E-state index is 10.5. The van der Waals surface area contributed by atoms with Crippen LogP contribution in [0.3, 0.4) is 0 Å². The molecule has 2 aromatic heterocycles. The number of pyridine rings is 1. The maximum Gasteiger partial charge on any atom is 0.404 e. The van der Waals surface area contributed by atoms with Gasteiger partial charge < -0.3 is 10.4 Å². The molecule has 0 radical (unpaired) electrons. The van der Waals surface area contributed by atoms with Crippen molar-refractivity contribution in [2.45, 2.75) is 6.54 Å². The van der Waals surface area contributed by atoms with E-state index in [4.69, 9.17) is 5.11 Å². The number of hydrogen-bond donors (Lipinski definition) is 2. The SMILES string of the molecule is Cn1nnc(-c2ccc(Br)cn2)c1CNC(=O)O. The highest BCUT2D eigenvalue weighted by atomic mass is 79.9. The summed E-state index contributed by atoms with van der Waals surface area (Å²) in [5.41, 5.74) is 1.87. The summed E-state index contributed by atoms with van der Waals surface area (Å²) in [7, 11) is 1.70. The molecule has 94 valence electrons. The lowest BCUT2D eigenvalue weighted by Crippen LogP contribution is -2.22. The molecule has 2 N–H and O–H groups in total. The lowest BCUT2D eigenvalue weighted by molar-refractivity contribution is 0.193. The fraction of sp³-hybridized carbons (Fsp3) is 0.200. The summed E-state index contributed by atoms with van der Waals surface area (Å²) in [6.07, 6.45) is 0.559. The van der Waals surface area contributed by atoms with Crippen molar-refractivity contribution in [1.82, 2.24) is 25.3 Å². The van der Waals surface area contributed by atoms with Gasteiger partial charge in [-0.2, -0.15) is 0 Å². The van der Waals surface area contributed by atoms with Gasteiger partial charge in [0, 0.05) is 17.7 Å². The summed E-state index contributed by atoms with van der Waals surface area (Å²) in [6, 6.07) is 3.63. The third-order valence-corrected chi connectivity index (χ3v) is 2.79. The fourth-order valence-corrected chi connectivity index (χ4v) is 1.68. The van der Waals surface area contributed by atoms with Crippen LogP contribution in [0.5, 0.6) is 0 Å². The molecule has 2 rings (SSSR count). The van der Waals surface area contributed by atoms with E-state index in [1.165, 1.54) is 4.68 Å². The molecule has 0 unspecified atom stereocenters. The average Bonchev–Trinajstić information content (AvgIpc) is 2.69. The van der Waals surface area contributed by atoms with Crippen molar-refractivity contribution in [1.29, 1.82) is 0 Å². The van der Waals surface area contributed by atoms with Gasteiger partial charge in [0.05, 0.1) is 17.9 Å². The number of nitrogens with one attached hydrogen (secondary N) is 1. The Morgan fingerprint density at radius 1 is 1.56 bits per heavy atom. The van der Waals surface area contributed by atoms with Gasteiger partial charge in [0.25, 0.3) is 0 Å². The Hall–Kier alpha value is -1.96. The summed E-state index contributed by atoms with van der Waals surface area (Å²) in [5, 5.41) is 18.8. The van der Waals surface area contributed by atoms with Gasteiger partial charge in [-0.15, -0.1) is 5.10 Å². The lowest BCUT2D eigenvalue weighted by atomic mass is 10.2. The van der Waals surface area contributed by atoms with Crippen molar-refractivity contribution in [3.05, 3.63) is 28.5 Å². The molecule has 7 nitrogen and oxygen atoms in total. The van der Waals surface area contributed by atoms with E-state index in [-0.39, 0.29) is 6.54 Å². The molecule has 0 saturated carbocycles. The highest BCUT2D eigenvalue weighted by Gasteiger charge is 2.14. The van der Waals surface area contributed by atoms with Crippen molar-refractivity contribution in [3.8, 4) is 11.4 Å². The first-order chi connectivity index (χ1) is 8.58. The van der Waals surface area contributed by atoms with E-state index >= 15 is 0 Å². The Balaban J connectivity index is 2.33. The zero-order valence-electron chi connectivity index (χ0n) is 9.46. The number of nitrogens with zero attached hydrogens (tertiary/aromatic N) is 4. The Morgan fingerprint density at radius 3 is 2.94 bits per heavy atom. The third-order valence-electron chi connectivity index (χ3n) is 2.32. The molecule has 0 aromatic carbocycles. The van der Waals surface area contributed by atoms with Crippen molar-refractivity contribution in [2.75, 3.05) is 0 Å². The predicted molar refractivity (Wildman–Crippen MR) is 66.8 cm³/mol. The Kier molecular flexibility index (Phi) is 3.56. The third kappa shape index (κ3) is 2.65. The van der Waals surface area contributed by atoms with Gasteiger partial charge in [-0.3, -0.25) is 4.98 Å². The number of aromatic nitrogens is 4. The molecule has 2 aromatic rings. The molecule has 0 aliphatic heterocycles. The highest BCUT2D eigenvalue weighted by molar-refractivity contribution is 9.10. The van der Waals surface area contributed by atoms with Crippen LogP contribution in [0.2, 0.25) is 0 Å². The predicted octanol–water partition coefficient (Wildman–Crippen LogP) is 1.41. The Morgan fingerprint density at radius 2 is 2.33 bits per heavy atom. The standard InChI is InChI=1S/C10H10BrN5O2/c1-16-8(5-13-10(17)18)9(14-15-16)7-3-2-6(11)4-12-7/h2-4,13H,5H2,1H3,(H,17,18). The number of rotatable bonds is 3. The van der Waals surface area contributed by atoms with E-state index in [0.717, 1.165) is 4.47 Å². The number of carbonyl (C=O) groups is 1. The number of halogens is 1. The van der Waals surface area contributed by atoms with Crippen LogP contribution in [0, 0.1) is 0 Å². The molecule has 0 atom stereocenters. The molecule has 0 bridgehead atoms. The second-order valence-corrected chi connectivity index (χ2v) is 4.44. The van der Waals surface area contributed by atoms with Crippen LogP contribution < -0.4 is 5.32 Å². The van der Waals surface area contributed by atoms with Gasteiger partial charge >= 0.3 is 6.09 Å². The number of hydrogen-bond acceptors (Lipinski definition) is 4. The van der Waals surface area contributed by atoms with Crippen molar-refractivity contribution in [2.24, 2.45) is 7.05 Å². The van der Waals surface area contributed by atoms with Gasteiger partial charge in [0.1, 0.15) is 5.69 Å². The molecule has 18 heavy (non-hydrogen) atoms. The average molecular weight is 312 g/mol. The molecule has 0 aliphatic rings. The first-order valence-corrected chi connectivity index (χ1v) is 5.84. The molecule has 0 fully saturated rings. The van der Waals surface area contributed by atoms with Crippen molar-refractivity contribution < 1.29 is 9.90 Å². The van der Waals surface area contributed by atoms with Crippen LogP contribution in [0.1, 0.15) is 5.69 Å².